The predicted octanol–water partition coefficient (Wildman–Crippen LogP) is 3.53. The number of anilines is 1. The number of hydrogen-bond donors (Lipinski definition) is 0. The lowest BCUT2D eigenvalue weighted by Crippen LogP contribution is -2.28. The highest BCUT2D eigenvalue weighted by atomic mass is 35.5. The smallest absolute Gasteiger partial charge is 0.150 e. The van der Waals surface area contributed by atoms with Crippen molar-refractivity contribution in [2.45, 2.75) is 20.3 Å². The second-order valence-corrected chi connectivity index (χ2v) is 4.98. The lowest BCUT2D eigenvalue weighted by Gasteiger charge is -2.26. The van der Waals surface area contributed by atoms with Crippen molar-refractivity contribution in [3.8, 4) is 6.07 Å². The Hall–Kier alpha value is -1.53. The number of carbonyl (C=O) groups is 1. The first-order valence-electron chi connectivity index (χ1n) is 5.95. The molecule has 0 aliphatic heterocycles. The predicted molar refractivity (Wildman–Crippen MR) is 74.1 cm³/mol. The fourth-order valence-corrected chi connectivity index (χ4v) is 2.10. The van der Waals surface area contributed by atoms with Gasteiger partial charge < -0.3 is 4.90 Å². The van der Waals surface area contributed by atoms with Crippen LogP contribution in [0.1, 0.15) is 30.6 Å². The molecule has 0 amide bonds. The number of nitriles is 1. The molecule has 96 valence electrons. The molecule has 1 rings (SSSR count). The first kappa shape index (κ1) is 14.5. The Morgan fingerprint density at radius 1 is 1.50 bits per heavy atom. The number of aldehydes is 1. The molecule has 0 aliphatic rings. The van der Waals surface area contributed by atoms with Gasteiger partial charge in [0.2, 0.25) is 0 Å². The van der Waals surface area contributed by atoms with Crippen molar-refractivity contribution in [1.29, 1.82) is 5.26 Å². The van der Waals surface area contributed by atoms with Crippen LogP contribution in [0.4, 0.5) is 5.69 Å². The molecule has 0 atom stereocenters. The first-order chi connectivity index (χ1) is 8.58. The Bertz CT molecular complexity index is 452. The summed E-state index contributed by atoms with van der Waals surface area (Å²) in [5, 5.41) is 9.25. The van der Waals surface area contributed by atoms with E-state index in [4.69, 9.17) is 16.9 Å². The van der Waals surface area contributed by atoms with Crippen molar-refractivity contribution in [3.05, 3.63) is 28.8 Å². The Labute approximate surface area is 113 Å². The number of nitrogens with zero attached hydrogens (tertiary/aromatic N) is 2. The van der Waals surface area contributed by atoms with Crippen LogP contribution in [0.3, 0.4) is 0 Å². The maximum atomic E-state index is 10.7. The van der Waals surface area contributed by atoms with Crippen LogP contribution in [0.25, 0.3) is 0 Å². The minimum absolute atomic E-state index is 0.457. The fraction of sp³-hybridized carbons (Fsp3) is 0.429. The van der Waals surface area contributed by atoms with E-state index >= 15 is 0 Å². The van der Waals surface area contributed by atoms with Crippen molar-refractivity contribution in [2.75, 3.05) is 18.0 Å². The zero-order chi connectivity index (χ0) is 13.5. The van der Waals surface area contributed by atoms with Crippen LogP contribution < -0.4 is 4.90 Å². The summed E-state index contributed by atoms with van der Waals surface area (Å²) in [6, 6.07) is 7.38. The third-order valence-corrected chi connectivity index (χ3v) is 2.83. The van der Waals surface area contributed by atoms with Gasteiger partial charge >= 0.3 is 0 Å². The zero-order valence-electron chi connectivity index (χ0n) is 10.7. The molecule has 0 saturated carbocycles. The van der Waals surface area contributed by atoms with Gasteiger partial charge in [-0.2, -0.15) is 5.26 Å². The summed E-state index contributed by atoms with van der Waals surface area (Å²) in [5.74, 6) is 0.477. The first-order valence-corrected chi connectivity index (χ1v) is 6.33. The van der Waals surface area contributed by atoms with Crippen LogP contribution in [-0.2, 0) is 0 Å². The van der Waals surface area contributed by atoms with Crippen molar-refractivity contribution in [1.82, 2.24) is 0 Å². The molecule has 1 aromatic rings. The van der Waals surface area contributed by atoms with E-state index in [1.807, 2.05) is 6.07 Å². The molecule has 0 bridgehead atoms. The summed E-state index contributed by atoms with van der Waals surface area (Å²) in [4.78, 5) is 12.8. The molecule has 3 nitrogen and oxygen atoms in total. The highest BCUT2D eigenvalue weighted by Crippen LogP contribution is 2.27. The fourth-order valence-electron chi connectivity index (χ4n) is 1.79. The Morgan fingerprint density at radius 3 is 2.72 bits per heavy atom. The van der Waals surface area contributed by atoms with Gasteiger partial charge in [-0.3, -0.25) is 4.79 Å². The molecular weight excluding hydrogens is 248 g/mol. The van der Waals surface area contributed by atoms with Crippen molar-refractivity contribution in [2.24, 2.45) is 5.92 Å². The van der Waals surface area contributed by atoms with Crippen molar-refractivity contribution in [3.63, 3.8) is 0 Å². The zero-order valence-corrected chi connectivity index (χ0v) is 11.4. The van der Waals surface area contributed by atoms with E-state index in [-0.39, 0.29) is 0 Å². The largest absolute Gasteiger partial charge is 0.369 e. The summed E-state index contributed by atoms with van der Waals surface area (Å²) < 4.78 is 0. The van der Waals surface area contributed by atoms with Crippen LogP contribution >= 0.6 is 11.6 Å². The summed E-state index contributed by atoms with van der Waals surface area (Å²) in [6.45, 7) is 5.72. The molecule has 18 heavy (non-hydrogen) atoms. The van der Waals surface area contributed by atoms with E-state index in [1.165, 1.54) is 0 Å². The van der Waals surface area contributed by atoms with Crippen LogP contribution in [0.2, 0.25) is 5.02 Å². The number of halogens is 1. The highest BCUT2D eigenvalue weighted by Gasteiger charge is 2.12. The highest BCUT2D eigenvalue weighted by molar-refractivity contribution is 6.33. The second kappa shape index (κ2) is 7.03. The average Bonchev–Trinajstić information content (AvgIpc) is 2.34. The second-order valence-electron chi connectivity index (χ2n) is 4.58. The monoisotopic (exact) mass is 264 g/mol. The maximum Gasteiger partial charge on any atom is 0.150 e. The number of rotatable bonds is 6. The van der Waals surface area contributed by atoms with E-state index in [9.17, 15) is 4.79 Å². The van der Waals surface area contributed by atoms with Crippen LogP contribution in [-0.4, -0.2) is 19.4 Å². The minimum Gasteiger partial charge on any atom is -0.369 e. The van der Waals surface area contributed by atoms with Gasteiger partial charge in [-0.15, -0.1) is 0 Å². The van der Waals surface area contributed by atoms with Gasteiger partial charge in [-0.1, -0.05) is 25.4 Å². The average molecular weight is 265 g/mol. The van der Waals surface area contributed by atoms with E-state index in [1.54, 1.807) is 12.1 Å². The summed E-state index contributed by atoms with van der Waals surface area (Å²) >= 11 is 6.18. The molecule has 0 N–H and O–H groups in total. The summed E-state index contributed by atoms with van der Waals surface area (Å²) in [6.07, 6.45) is 1.23. The number of hydrogen-bond acceptors (Lipinski definition) is 3. The lowest BCUT2D eigenvalue weighted by atomic mass is 10.1. The van der Waals surface area contributed by atoms with Gasteiger partial charge in [0.15, 0.2) is 0 Å². The van der Waals surface area contributed by atoms with Crippen LogP contribution in [0.5, 0.6) is 0 Å². The van der Waals surface area contributed by atoms with Gasteiger partial charge in [0.05, 0.1) is 23.2 Å². The normalized spacial score (nSPS) is 10.2. The summed E-state index contributed by atoms with van der Waals surface area (Å²) in [5.41, 5.74) is 1.44. The van der Waals surface area contributed by atoms with E-state index in [0.717, 1.165) is 18.5 Å². The van der Waals surface area contributed by atoms with Gasteiger partial charge in [0, 0.05) is 18.7 Å². The van der Waals surface area contributed by atoms with E-state index < -0.39 is 0 Å². The molecule has 0 spiro atoms. The Balaban J connectivity index is 2.97. The Kier molecular flexibility index (Phi) is 5.67. The third-order valence-electron chi connectivity index (χ3n) is 2.53. The summed E-state index contributed by atoms with van der Waals surface area (Å²) in [7, 11) is 0. The lowest BCUT2D eigenvalue weighted by molar-refractivity contribution is 0.112. The molecule has 0 heterocycles. The molecule has 4 heteroatoms. The molecule has 0 aliphatic carbocycles. The van der Waals surface area contributed by atoms with Gasteiger partial charge in [-0.25, -0.2) is 0 Å². The molecule has 0 saturated heterocycles. The van der Waals surface area contributed by atoms with Crippen LogP contribution in [0, 0.1) is 17.2 Å². The molecule has 0 fully saturated rings. The van der Waals surface area contributed by atoms with Gasteiger partial charge in [0.25, 0.3) is 0 Å². The van der Waals surface area contributed by atoms with Crippen LogP contribution in [0.15, 0.2) is 18.2 Å². The van der Waals surface area contributed by atoms with Gasteiger partial charge in [-0.05, 0) is 24.1 Å². The molecular formula is C14H17ClN2O. The molecule has 0 unspecified atom stereocenters. The number of benzene rings is 1. The molecule has 1 aromatic carbocycles. The molecule has 0 radical (unpaired) electrons. The number of carbonyl (C=O) groups excluding carboxylic acids is 1. The maximum absolute atomic E-state index is 10.7. The minimum atomic E-state index is 0.457. The van der Waals surface area contributed by atoms with Crippen molar-refractivity contribution >= 4 is 23.6 Å². The topological polar surface area (TPSA) is 44.1 Å². The third kappa shape index (κ3) is 4.05. The van der Waals surface area contributed by atoms with E-state index in [2.05, 4.69) is 24.8 Å². The quantitative estimate of drug-likeness (QED) is 0.739. The SMILES string of the molecule is CC(C)CN(CCC#N)c1ccc(C=O)cc1Cl. The van der Waals surface area contributed by atoms with Gasteiger partial charge in [0.1, 0.15) is 6.29 Å². The van der Waals surface area contributed by atoms with Crippen molar-refractivity contribution < 1.29 is 4.79 Å². The standard InChI is InChI=1S/C14H17ClN2O/c1-11(2)9-17(7-3-6-16)14-5-4-12(10-18)8-13(14)15/h4-5,8,10-11H,3,7,9H2,1-2H3. The van der Waals surface area contributed by atoms with E-state index in [0.29, 0.717) is 29.5 Å². The Morgan fingerprint density at radius 2 is 2.22 bits per heavy atom. The molecule has 0 aromatic heterocycles.